The van der Waals surface area contributed by atoms with Crippen LogP contribution in [0.4, 0.5) is 35.5 Å². The molecule has 0 aliphatic carbocycles. The van der Waals surface area contributed by atoms with Crippen LogP contribution in [0, 0.1) is 12.7 Å². The highest BCUT2D eigenvalue weighted by molar-refractivity contribution is 5.79. The molecule has 2 unspecified atom stereocenters. The quantitative estimate of drug-likeness (QED) is 0.430. The maximum Gasteiger partial charge on any atom is 0.416 e. The molecule has 1 N–H and O–H groups in total. The lowest BCUT2D eigenvalue weighted by Gasteiger charge is -2.46. The summed E-state index contributed by atoms with van der Waals surface area (Å²) < 4.78 is 93.9. The maximum absolute atomic E-state index is 13.9. The van der Waals surface area contributed by atoms with Crippen molar-refractivity contribution < 1.29 is 40.3 Å². The first kappa shape index (κ1) is 31.6. The van der Waals surface area contributed by atoms with Gasteiger partial charge in [0, 0.05) is 32.2 Å². The first-order chi connectivity index (χ1) is 19.5. The highest BCUT2D eigenvalue weighted by Gasteiger charge is 2.39. The number of likely N-dealkylation sites (tertiary alicyclic amines) is 1. The number of urea groups is 1. The summed E-state index contributed by atoms with van der Waals surface area (Å²) in [5, 5.41) is 2.67. The molecule has 2 aliphatic heterocycles. The van der Waals surface area contributed by atoms with E-state index in [9.17, 15) is 40.3 Å². The third-order valence-corrected chi connectivity index (χ3v) is 8.05. The van der Waals surface area contributed by atoms with Crippen LogP contribution >= 0.6 is 0 Å². The van der Waals surface area contributed by atoms with Crippen molar-refractivity contribution in [2.45, 2.75) is 57.0 Å². The second-order valence-electron chi connectivity index (χ2n) is 11.1. The van der Waals surface area contributed by atoms with E-state index in [0.29, 0.717) is 49.2 Å². The monoisotopic (exact) mass is 602 g/mol. The lowest BCUT2D eigenvalue weighted by Crippen LogP contribution is -2.57. The highest BCUT2D eigenvalue weighted by atomic mass is 19.4. The average Bonchev–Trinajstić information content (AvgIpc) is 2.90. The zero-order valence-electron chi connectivity index (χ0n) is 23.4. The number of nitrogens with zero attached hydrogens (tertiary/aromatic N) is 3. The van der Waals surface area contributed by atoms with E-state index in [1.807, 2.05) is 16.8 Å². The minimum atomic E-state index is -4.98. The van der Waals surface area contributed by atoms with Gasteiger partial charge in [0.25, 0.3) is 0 Å². The summed E-state index contributed by atoms with van der Waals surface area (Å²) in [5.41, 5.74) is -1.75. The largest absolute Gasteiger partial charge is 0.416 e. The van der Waals surface area contributed by atoms with Gasteiger partial charge in [0.15, 0.2) is 0 Å². The van der Waals surface area contributed by atoms with Crippen molar-refractivity contribution >= 4 is 11.9 Å². The molecular formula is C29H33F7N4O2. The third kappa shape index (κ3) is 7.16. The molecule has 2 aliphatic rings. The number of benzene rings is 2. The lowest BCUT2D eigenvalue weighted by atomic mass is 9.88. The normalized spacial score (nSPS) is 21.4. The molecule has 2 aromatic carbocycles. The molecule has 0 aromatic heterocycles. The van der Waals surface area contributed by atoms with Crippen molar-refractivity contribution in [1.29, 1.82) is 0 Å². The predicted molar refractivity (Wildman–Crippen MR) is 141 cm³/mol. The number of piperazine rings is 1. The van der Waals surface area contributed by atoms with Crippen molar-refractivity contribution in [2.24, 2.45) is 0 Å². The number of hydrogen-bond acceptors (Lipinski definition) is 3. The highest BCUT2D eigenvalue weighted by Crippen LogP contribution is 2.38. The number of carbonyl (C=O) groups is 2. The van der Waals surface area contributed by atoms with E-state index in [-0.39, 0.29) is 43.2 Å². The van der Waals surface area contributed by atoms with Crippen molar-refractivity contribution in [2.75, 3.05) is 39.8 Å². The van der Waals surface area contributed by atoms with Gasteiger partial charge < -0.3 is 15.1 Å². The summed E-state index contributed by atoms with van der Waals surface area (Å²) in [7, 11) is 1.86. The minimum Gasteiger partial charge on any atom is -0.337 e. The van der Waals surface area contributed by atoms with Gasteiger partial charge in [0.1, 0.15) is 5.82 Å². The first-order valence-corrected chi connectivity index (χ1v) is 13.6. The van der Waals surface area contributed by atoms with E-state index in [2.05, 4.69) is 5.32 Å². The van der Waals surface area contributed by atoms with E-state index < -0.39 is 47.3 Å². The van der Waals surface area contributed by atoms with E-state index in [0.717, 1.165) is 0 Å². The molecule has 6 nitrogen and oxygen atoms in total. The number of aryl methyl sites for hydroxylation is 1. The smallest absolute Gasteiger partial charge is 0.337 e. The van der Waals surface area contributed by atoms with Gasteiger partial charge in [-0.05, 0) is 79.8 Å². The van der Waals surface area contributed by atoms with Gasteiger partial charge in [-0.15, -0.1) is 0 Å². The molecule has 13 heteroatoms. The van der Waals surface area contributed by atoms with Crippen LogP contribution in [0.1, 0.15) is 59.5 Å². The second-order valence-corrected chi connectivity index (χ2v) is 11.1. The Morgan fingerprint density at radius 3 is 2.21 bits per heavy atom. The Morgan fingerprint density at radius 1 is 1.00 bits per heavy atom. The van der Waals surface area contributed by atoms with Crippen LogP contribution < -0.4 is 5.32 Å². The fourth-order valence-electron chi connectivity index (χ4n) is 5.69. The first-order valence-electron chi connectivity index (χ1n) is 13.6. The molecule has 230 valence electrons. The van der Waals surface area contributed by atoms with Crippen LogP contribution in [0.25, 0.3) is 0 Å². The number of rotatable bonds is 5. The third-order valence-electron chi connectivity index (χ3n) is 8.05. The van der Waals surface area contributed by atoms with Crippen LogP contribution in [0.3, 0.4) is 0 Å². The Hall–Kier alpha value is -3.35. The number of piperidine rings is 1. The Kier molecular flexibility index (Phi) is 9.10. The number of halogens is 7. The Bertz CT molecular complexity index is 1280. The van der Waals surface area contributed by atoms with Gasteiger partial charge >= 0.3 is 18.4 Å². The van der Waals surface area contributed by atoms with Gasteiger partial charge in [-0.3, -0.25) is 9.69 Å². The molecule has 0 spiro atoms. The molecule has 0 radical (unpaired) electrons. The van der Waals surface area contributed by atoms with Crippen LogP contribution in [-0.4, -0.2) is 72.5 Å². The van der Waals surface area contributed by atoms with Crippen molar-refractivity contribution in [3.8, 4) is 0 Å². The van der Waals surface area contributed by atoms with Gasteiger partial charge in [-0.25, -0.2) is 9.18 Å². The SMILES string of the molecule is Cc1cc(F)ccc1C1CC(N2CCN(C)CC2=O)CCN1C(=O)NC[C@H](C)c1cc(C(F)(F)F)cc(C(F)(F)F)c1. The lowest BCUT2D eigenvalue weighted by molar-refractivity contribution is -0.143. The van der Waals surface area contributed by atoms with E-state index in [1.165, 1.54) is 24.0 Å². The molecular weight excluding hydrogens is 569 g/mol. The van der Waals surface area contributed by atoms with Crippen molar-refractivity contribution in [1.82, 2.24) is 20.0 Å². The van der Waals surface area contributed by atoms with Crippen LogP contribution in [0.15, 0.2) is 36.4 Å². The van der Waals surface area contributed by atoms with Crippen molar-refractivity contribution in [3.63, 3.8) is 0 Å². The van der Waals surface area contributed by atoms with Crippen LogP contribution in [-0.2, 0) is 17.1 Å². The topological polar surface area (TPSA) is 55.9 Å². The number of likely N-dealkylation sites (N-methyl/N-ethyl adjacent to an activating group) is 1. The summed E-state index contributed by atoms with van der Waals surface area (Å²) in [6.45, 7) is 4.70. The molecule has 4 rings (SSSR count). The zero-order valence-corrected chi connectivity index (χ0v) is 23.4. The number of hydrogen-bond donors (Lipinski definition) is 1. The van der Waals surface area contributed by atoms with Gasteiger partial charge in [0.2, 0.25) is 5.91 Å². The maximum atomic E-state index is 13.9. The van der Waals surface area contributed by atoms with E-state index in [1.54, 1.807) is 13.0 Å². The standard InChI is InChI=1S/C29H33F7N4O2/c1-17-10-22(30)4-5-24(17)25-14-23(39-9-8-38(3)16-26(39)41)6-7-40(25)27(42)37-15-18(2)19-11-20(28(31,32)33)13-21(12-19)29(34,35)36/h4-5,10-13,18,23,25H,6-9,14-16H2,1-3H3,(H,37,42)/t18-,23?,25?/m0/s1. The molecule has 2 saturated heterocycles. The molecule has 2 heterocycles. The predicted octanol–water partition coefficient (Wildman–Crippen LogP) is 5.96. The summed E-state index contributed by atoms with van der Waals surface area (Å²) in [5.74, 6) is -1.33. The molecule has 0 saturated carbocycles. The molecule has 2 aromatic rings. The average molecular weight is 603 g/mol. The Morgan fingerprint density at radius 2 is 1.64 bits per heavy atom. The summed E-state index contributed by atoms with van der Waals surface area (Å²) in [6, 6.07) is 4.38. The summed E-state index contributed by atoms with van der Waals surface area (Å²) >= 11 is 0. The van der Waals surface area contributed by atoms with Gasteiger partial charge in [-0.2, -0.15) is 26.3 Å². The Labute approximate surface area is 239 Å². The molecule has 0 bridgehead atoms. The van der Waals surface area contributed by atoms with E-state index in [4.69, 9.17) is 0 Å². The summed E-state index contributed by atoms with van der Waals surface area (Å²) in [6.07, 6.45) is -9.07. The van der Waals surface area contributed by atoms with Crippen molar-refractivity contribution in [3.05, 3.63) is 70.0 Å². The number of alkyl halides is 6. The zero-order chi connectivity index (χ0) is 31.0. The number of carbonyl (C=O) groups excluding carboxylic acids is 2. The van der Waals surface area contributed by atoms with Gasteiger partial charge in [0.05, 0.1) is 23.7 Å². The number of amides is 3. The van der Waals surface area contributed by atoms with Gasteiger partial charge in [-0.1, -0.05) is 13.0 Å². The van der Waals surface area contributed by atoms with Crippen LogP contribution in [0.2, 0.25) is 0 Å². The Balaban J connectivity index is 1.54. The molecule has 2 fully saturated rings. The second kappa shape index (κ2) is 12.1. The van der Waals surface area contributed by atoms with Crippen LogP contribution in [0.5, 0.6) is 0 Å². The molecule has 3 atom stereocenters. The van der Waals surface area contributed by atoms with E-state index >= 15 is 0 Å². The fourth-order valence-corrected chi connectivity index (χ4v) is 5.69. The molecule has 42 heavy (non-hydrogen) atoms. The molecule has 3 amide bonds. The number of nitrogens with one attached hydrogen (secondary N) is 1. The minimum absolute atomic E-state index is 0.0191. The fraction of sp³-hybridized carbons (Fsp3) is 0.517. The summed E-state index contributed by atoms with van der Waals surface area (Å²) in [4.78, 5) is 31.5.